The van der Waals surface area contributed by atoms with E-state index < -0.39 is 0 Å². The lowest BCUT2D eigenvalue weighted by Crippen LogP contribution is -2.35. The van der Waals surface area contributed by atoms with Gasteiger partial charge in [0.2, 0.25) is 0 Å². The van der Waals surface area contributed by atoms with Crippen LogP contribution >= 0.6 is 0 Å². The van der Waals surface area contributed by atoms with E-state index in [2.05, 4.69) is 18.7 Å². The Balaban J connectivity index is 1.87. The number of hydrogen-bond acceptors (Lipinski definition) is 5. The predicted octanol–water partition coefficient (Wildman–Crippen LogP) is 2.93. The number of carbonyl (C=O) groups is 2. The Morgan fingerprint density at radius 3 is 2.32 bits per heavy atom. The largest absolute Gasteiger partial charge is 0.493 e. The Kier molecular flexibility index (Phi) is 6.73. The number of imide groups is 1. The quantitative estimate of drug-likeness (QED) is 0.482. The number of carbonyl (C=O) groups excluding carboxylic acids is 2. The van der Waals surface area contributed by atoms with Crippen molar-refractivity contribution in [3.8, 4) is 5.75 Å². The third-order valence-corrected chi connectivity index (χ3v) is 5.02. The van der Waals surface area contributed by atoms with Crippen molar-refractivity contribution in [1.82, 2.24) is 9.80 Å². The molecule has 0 bridgehead atoms. The minimum atomic E-state index is -0.209. The van der Waals surface area contributed by atoms with Crippen LogP contribution < -0.4 is 4.74 Å². The van der Waals surface area contributed by atoms with Crippen LogP contribution in [0.15, 0.2) is 30.0 Å². The third-order valence-electron chi connectivity index (χ3n) is 5.02. The van der Waals surface area contributed by atoms with Crippen LogP contribution in [0.4, 0.5) is 0 Å². The zero-order valence-corrected chi connectivity index (χ0v) is 17.1. The molecule has 6 heteroatoms. The molecule has 1 aromatic carbocycles. The number of benzene rings is 1. The summed E-state index contributed by atoms with van der Waals surface area (Å²) in [6, 6.07) is 7.51. The topological polar surface area (TPSA) is 59.1 Å². The smallest absolute Gasteiger partial charge is 0.277 e. The van der Waals surface area contributed by atoms with Crippen LogP contribution in [0.2, 0.25) is 0 Å². The summed E-state index contributed by atoms with van der Waals surface area (Å²) in [4.78, 5) is 29.6. The van der Waals surface area contributed by atoms with E-state index in [0.717, 1.165) is 37.2 Å². The molecule has 0 radical (unpaired) electrons. The van der Waals surface area contributed by atoms with Crippen LogP contribution in [0.25, 0.3) is 5.57 Å². The molecule has 0 aromatic heterocycles. The number of nitrogens with zero attached hydrogens (tertiary/aromatic N) is 2. The highest BCUT2D eigenvalue weighted by molar-refractivity contribution is 6.35. The van der Waals surface area contributed by atoms with E-state index in [0.29, 0.717) is 43.4 Å². The average molecular weight is 386 g/mol. The zero-order chi connectivity index (χ0) is 20.1. The Bertz CT molecular complexity index is 733. The van der Waals surface area contributed by atoms with Gasteiger partial charge in [0.1, 0.15) is 11.4 Å². The van der Waals surface area contributed by atoms with Gasteiger partial charge in [-0.25, -0.2) is 0 Å². The number of hydrogen-bond donors (Lipinski definition) is 0. The van der Waals surface area contributed by atoms with Crippen LogP contribution in [-0.2, 0) is 14.3 Å². The normalized spacial score (nSPS) is 17.4. The highest BCUT2D eigenvalue weighted by Crippen LogP contribution is 2.34. The van der Waals surface area contributed by atoms with Crippen molar-refractivity contribution in [2.45, 2.75) is 33.1 Å². The molecular formula is C22H30N2O4. The molecule has 1 saturated heterocycles. The van der Waals surface area contributed by atoms with Gasteiger partial charge in [-0.3, -0.25) is 14.5 Å². The van der Waals surface area contributed by atoms with Gasteiger partial charge in [0.25, 0.3) is 11.8 Å². The fraction of sp³-hybridized carbons (Fsp3) is 0.545. The molecule has 0 spiro atoms. The van der Waals surface area contributed by atoms with Crippen LogP contribution in [0.3, 0.4) is 0 Å². The highest BCUT2D eigenvalue weighted by Gasteiger charge is 2.41. The second-order valence-electron chi connectivity index (χ2n) is 7.76. The van der Waals surface area contributed by atoms with Crippen LogP contribution in [0, 0.1) is 5.92 Å². The second kappa shape index (κ2) is 9.24. The molecule has 2 heterocycles. The molecule has 0 N–H and O–H groups in total. The first-order chi connectivity index (χ1) is 13.5. The fourth-order valence-electron chi connectivity index (χ4n) is 3.61. The third kappa shape index (κ3) is 4.38. The number of rotatable bonds is 9. The van der Waals surface area contributed by atoms with Gasteiger partial charge in [-0.1, -0.05) is 26.0 Å². The summed E-state index contributed by atoms with van der Waals surface area (Å²) >= 11 is 0. The molecule has 2 aliphatic heterocycles. The molecule has 0 aliphatic carbocycles. The molecule has 2 aliphatic rings. The highest BCUT2D eigenvalue weighted by atomic mass is 16.5. The van der Waals surface area contributed by atoms with E-state index in [1.54, 1.807) is 7.11 Å². The fourth-order valence-corrected chi connectivity index (χ4v) is 3.61. The minimum Gasteiger partial charge on any atom is -0.493 e. The van der Waals surface area contributed by atoms with Gasteiger partial charge < -0.3 is 14.4 Å². The molecule has 152 valence electrons. The SMILES string of the molecule is COCCCN1C(=O)C(c2ccc(OCC(C)C)cc2)=C(N2CCCC2)C1=O. The molecule has 0 unspecified atom stereocenters. The van der Waals surface area contributed by atoms with Gasteiger partial charge in [0, 0.05) is 33.4 Å². The Labute approximate surface area is 167 Å². The van der Waals surface area contributed by atoms with Gasteiger partial charge in [-0.2, -0.15) is 0 Å². The first-order valence-electron chi connectivity index (χ1n) is 10.1. The number of methoxy groups -OCH3 is 1. The molecule has 0 atom stereocenters. The molecule has 0 saturated carbocycles. The lowest BCUT2D eigenvalue weighted by molar-refractivity contribution is -0.137. The summed E-state index contributed by atoms with van der Waals surface area (Å²) in [5, 5.41) is 0. The van der Waals surface area contributed by atoms with Crippen molar-refractivity contribution in [1.29, 1.82) is 0 Å². The Morgan fingerprint density at radius 1 is 1.04 bits per heavy atom. The zero-order valence-electron chi connectivity index (χ0n) is 17.1. The molecule has 1 aromatic rings. The predicted molar refractivity (Wildman–Crippen MR) is 108 cm³/mol. The minimum absolute atomic E-state index is 0.182. The number of ether oxygens (including phenoxy) is 2. The van der Waals surface area contributed by atoms with Crippen molar-refractivity contribution in [2.75, 3.05) is 40.0 Å². The van der Waals surface area contributed by atoms with Crippen LogP contribution in [0.1, 0.15) is 38.7 Å². The van der Waals surface area contributed by atoms with Crippen LogP contribution in [-0.4, -0.2) is 61.6 Å². The van der Waals surface area contributed by atoms with E-state index >= 15 is 0 Å². The number of amides is 2. The summed E-state index contributed by atoms with van der Waals surface area (Å²) < 4.78 is 10.8. The lowest BCUT2D eigenvalue weighted by atomic mass is 10.0. The molecule has 6 nitrogen and oxygen atoms in total. The number of likely N-dealkylation sites (tertiary alicyclic amines) is 1. The molecule has 3 rings (SSSR count). The van der Waals surface area contributed by atoms with E-state index in [1.165, 1.54) is 4.90 Å². The summed E-state index contributed by atoms with van der Waals surface area (Å²) in [5.41, 5.74) is 1.84. The average Bonchev–Trinajstić information content (AvgIpc) is 3.29. The van der Waals surface area contributed by atoms with Crippen molar-refractivity contribution >= 4 is 17.4 Å². The van der Waals surface area contributed by atoms with Gasteiger partial charge in [0.05, 0.1) is 12.2 Å². The van der Waals surface area contributed by atoms with E-state index in [1.807, 2.05) is 24.3 Å². The van der Waals surface area contributed by atoms with E-state index in [-0.39, 0.29) is 11.8 Å². The van der Waals surface area contributed by atoms with E-state index in [9.17, 15) is 9.59 Å². The monoisotopic (exact) mass is 386 g/mol. The summed E-state index contributed by atoms with van der Waals surface area (Å²) in [6.07, 6.45) is 2.73. The van der Waals surface area contributed by atoms with Crippen molar-refractivity contribution in [3.63, 3.8) is 0 Å². The standard InChI is InChI=1S/C22H30N2O4/c1-16(2)15-28-18-9-7-17(8-10-18)19-20(23-11-4-5-12-23)22(26)24(21(19)25)13-6-14-27-3/h7-10,16H,4-6,11-15H2,1-3H3. The van der Waals surface area contributed by atoms with Gasteiger partial charge in [-0.05, 0) is 42.9 Å². The first kappa shape index (κ1) is 20.4. The Hall–Kier alpha value is -2.34. The van der Waals surface area contributed by atoms with Crippen molar-refractivity contribution in [3.05, 3.63) is 35.5 Å². The summed E-state index contributed by atoms with van der Waals surface area (Å²) in [7, 11) is 1.62. The molecule has 1 fully saturated rings. The maximum absolute atomic E-state index is 13.1. The van der Waals surface area contributed by atoms with Gasteiger partial charge >= 0.3 is 0 Å². The maximum atomic E-state index is 13.1. The van der Waals surface area contributed by atoms with Crippen molar-refractivity contribution in [2.24, 2.45) is 5.92 Å². The molecule has 2 amide bonds. The van der Waals surface area contributed by atoms with Crippen molar-refractivity contribution < 1.29 is 19.1 Å². The van der Waals surface area contributed by atoms with E-state index in [4.69, 9.17) is 9.47 Å². The van der Waals surface area contributed by atoms with Gasteiger partial charge in [0.15, 0.2) is 0 Å². The van der Waals surface area contributed by atoms with Gasteiger partial charge in [-0.15, -0.1) is 0 Å². The first-order valence-corrected chi connectivity index (χ1v) is 10.1. The van der Waals surface area contributed by atoms with Crippen LogP contribution in [0.5, 0.6) is 5.75 Å². The molecular weight excluding hydrogens is 356 g/mol. The molecule has 28 heavy (non-hydrogen) atoms. The Morgan fingerprint density at radius 2 is 1.71 bits per heavy atom. The second-order valence-corrected chi connectivity index (χ2v) is 7.76. The summed E-state index contributed by atoms with van der Waals surface area (Å²) in [5.74, 6) is 0.824. The lowest BCUT2D eigenvalue weighted by Gasteiger charge is -2.20. The maximum Gasteiger partial charge on any atom is 0.277 e. The summed E-state index contributed by atoms with van der Waals surface area (Å²) in [6.45, 7) is 7.38.